The van der Waals surface area contributed by atoms with Gasteiger partial charge in [0.15, 0.2) is 11.5 Å². The normalized spacial score (nSPS) is 28.8. The van der Waals surface area contributed by atoms with Gasteiger partial charge in [-0.3, -0.25) is 4.79 Å². The van der Waals surface area contributed by atoms with Crippen molar-refractivity contribution in [2.45, 2.75) is 69.1 Å². The first-order valence-electron chi connectivity index (χ1n) is 12.8. The lowest BCUT2D eigenvalue weighted by atomic mass is 9.48. The van der Waals surface area contributed by atoms with Gasteiger partial charge >= 0.3 is 0 Å². The number of amides is 1. The molecule has 1 amide bonds. The van der Waals surface area contributed by atoms with Gasteiger partial charge in [-0.25, -0.2) is 0 Å². The minimum Gasteiger partial charge on any atom is -0.504 e. The van der Waals surface area contributed by atoms with Crippen LogP contribution in [0, 0.1) is 25.7 Å². The average Bonchev–Trinajstić information content (AvgIpc) is 2.86. The Bertz CT molecular complexity index is 1280. The number of carbonyl (C=O) groups is 1. The first-order valence-corrected chi connectivity index (χ1v) is 12.8. The van der Waals surface area contributed by atoms with Gasteiger partial charge in [0, 0.05) is 41.6 Å². The number of rotatable bonds is 2. The van der Waals surface area contributed by atoms with Crippen LogP contribution >= 0.6 is 0 Å². The summed E-state index contributed by atoms with van der Waals surface area (Å²) in [5.41, 5.74) is 3.64. The topological polar surface area (TPSA) is 73.2 Å². The van der Waals surface area contributed by atoms with E-state index in [1.165, 1.54) is 5.56 Å². The molecule has 2 aromatic carbocycles. The van der Waals surface area contributed by atoms with E-state index < -0.39 is 11.0 Å². The van der Waals surface area contributed by atoms with Crippen LogP contribution in [0.25, 0.3) is 0 Å². The molecule has 4 atom stereocenters. The molecule has 1 saturated carbocycles. The number of likely N-dealkylation sites (tertiary alicyclic amines) is 1. The zero-order valence-electron chi connectivity index (χ0n) is 21.9. The van der Waals surface area contributed by atoms with Crippen LogP contribution in [0.2, 0.25) is 0 Å². The molecule has 1 saturated heterocycles. The highest BCUT2D eigenvalue weighted by molar-refractivity contribution is 5.94. The first kappa shape index (κ1) is 24.7. The van der Waals surface area contributed by atoms with Crippen molar-refractivity contribution in [1.82, 2.24) is 9.80 Å². The zero-order chi connectivity index (χ0) is 25.8. The van der Waals surface area contributed by atoms with Gasteiger partial charge in [0.2, 0.25) is 0 Å². The number of nitrogens with zero attached hydrogens (tertiary/aromatic N) is 2. The molecule has 5 rings (SSSR count). The number of aromatic hydroxyl groups is 1. The van der Waals surface area contributed by atoms with Gasteiger partial charge < -0.3 is 24.7 Å². The van der Waals surface area contributed by atoms with Crippen LogP contribution in [0.1, 0.15) is 53.5 Å². The lowest BCUT2D eigenvalue weighted by Gasteiger charge is -2.64. The monoisotopic (exact) mass is 488 g/mol. The number of phenolic OH excluding ortho intramolecular Hbond substituents is 1. The van der Waals surface area contributed by atoms with Crippen molar-refractivity contribution in [3.05, 3.63) is 58.1 Å². The van der Waals surface area contributed by atoms with Crippen molar-refractivity contribution in [1.29, 1.82) is 0 Å². The number of methoxy groups -OCH3 is 1. The number of benzene rings is 2. The van der Waals surface area contributed by atoms with Gasteiger partial charge in [0.1, 0.15) is 0 Å². The lowest BCUT2D eigenvalue weighted by molar-refractivity contribution is -0.173. The van der Waals surface area contributed by atoms with Crippen molar-refractivity contribution in [3.8, 4) is 23.3 Å². The highest BCUT2D eigenvalue weighted by Gasteiger charge is 2.65. The fourth-order valence-electron chi connectivity index (χ4n) is 7.02. The fourth-order valence-corrected chi connectivity index (χ4v) is 7.02. The third kappa shape index (κ3) is 3.60. The van der Waals surface area contributed by atoms with Crippen molar-refractivity contribution >= 4 is 5.91 Å². The molecule has 2 aliphatic carbocycles. The van der Waals surface area contributed by atoms with Gasteiger partial charge in [-0.15, -0.1) is 0 Å². The number of piperidine rings is 1. The zero-order valence-corrected chi connectivity index (χ0v) is 21.9. The first-order chi connectivity index (χ1) is 17.1. The second-order valence-electron chi connectivity index (χ2n) is 11.0. The van der Waals surface area contributed by atoms with Crippen LogP contribution in [0.15, 0.2) is 30.3 Å². The molecule has 36 heavy (non-hydrogen) atoms. The number of ether oxygens (including phenoxy) is 1. The molecule has 6 nitrogen and oxygen atoms in total. The summed E-state index contributed by atoms with van der Waals surface area (Å²) in [6.45, 7) is 4.93. The molecule has 190 valence electrons. The summed E-state index contributed by atoms with van der Waals surface area (Å²) in [7, 11) is 5.47. The van der Waals surface area contributed by atoms with E-state index in [1.54, 1.807) is 18.1 Å². The average molecular weight is 489 g/mol. The SMILES string of the molecule is COc1c(O)ccc2c1[C@]13CCN(C)[C@H](C2)[C@]1(O)CC[C@@H](N(C)C(=O)C#Cc1ccc(C)c(C)c1)C3. The molecule has 2 aromatic rings. The maximum atomic E-state index is 13.2. The summed E-state index contributed by atoms with van der Waals surface area (Å²) in [5.74, 6) is 6.20. The Labute approximate surface area is 213 Å². The van der Waals surface area contributed by atoms with E-state index in [-0.39, 0.29) is 23.7 Å². The van der Waals surface area contributed by atoms with E-state index in [2.05, 4.69) is 30.7 Å². The number of likely N-dealkylation sites (N-methyl/N-ethyl adjacent to an activating group) is 1. The summed E-state index contributed by atoms with van der Waals surface area (Å²) in [4.78, 5) is 17.2. The molecular weight excluding hydrogens is 452 g/mol. The lowest BCUT2D eigenvalue weighted by Crippen LogP contribution is -2.73. The van der Waals surface area contributed by atoms with E-state index in [0.29, 0.717) is 31.4 Å². The molecular formula is C30H36N2O4. The Hall–Kier alpha value is -3.01. The van der Waals surface area contributed by atoms with E-state index in [9.17, 15) is 15.0 Å². The summed E-state index contributed by atoms with van der Waals surface area (Å²) in [6.07, 6.45) is 3.33. The Kier molecular flexibility index (Phi) is 6.05. The predicted octanol–water partition coefficient (Wildman–Crippen LogP) is 3.31. The molecule has 2 fully saturated rings. The second kappa shape index (κ2) is 8.83. The third-order valence-electron chi connectivity index (χ3n) is 9.25. The Morgan fingerprint density at radius 3 is 2.69 bits per heavy atom. The third-order valence-corrected chi connectivity index (χ3v) is 9.25. The minimum absolute atomic E-state index is 0.0143. The van der Waals surface area contributed by atoms with Gasteiger partial charge in [-0.1, -0.05) is 18.1 Å². The molecule has 2 bridgehead atoms. The number of aryl methyl sites for hydroxylation is 2. The molecule has 0 spiro atoms. The highest BCUT2D eigenvalue weighted by atomic mass is 16.5. The number of hydrogen-bond acceptors (Lipinski definition) is 5. The Balaban J connectivity index is 1.50. The summed E-state index contributed by atoms with van der Waals surface area (Å²) in [5, 5.41) is 23.0. The number of carbonyl (C=O) groups excluding carboxylic acids is 1. The maximum Gasteiger partial charge on any atom is 0.298 e. The number of hydrogen-bond donors (Lipinski definition) is 2. The molecule has 3 aliphatic rings. The maximum absolute atomic E-state index is 13.2. The molecule has 1 heterocycles. The van der Waals surface area contributed by atoms with Crippen LogP contribution < -0.4 is 4.74 Å². The fraction of sp³-hybridized carbons (Fsp3) is 0.500. The number of phenols is 1. The number of fused-ring (bicyclic) bond motifs is 1. The number of aliphatic hydroxyl groups is 1. The van der Waals surface area contributed by atoms with E-state index in [1.807, 2.05) is 38.2 Å². The Morgan fingerprint density at radius 2 is 1.97 bits per heavy atom. The van der Waals surface area contributed by atoms with Gasteiger partial charge in [0.25, 0.3) is 5.91 Å². The second-order valence-corrected chi connectivity index (χ2v) is 11.0. The van der Waals surface area contributed by atoms with E-state index >= 15 is 0 Å². The van der Waals surface area contributed by atoms with Gasteiger partial charge in [-0.05, 0) is 94.4 Å². The van der Waals surface area contributed by atoms with Crippen molar-refractivity contribution in [3.63, 3.8) is 0 Å². The molecule has 0 aromatic heterocycles. The van der Waals surface area contributed by atoms with Crippen molar-refractivity contribution < 1.29 is 19.7 Å². The molecule has 2 N–H and O–H groups in total. The van der Waals surface area contributed by atoms with Crippen molar-refractivity contribution in [2.24, 2.45) is 0 Å². The molecule has 1 aliphatic heterocycles. The van der Waals surface area contributed by atoms with E-state index in [4.69, 9.17) is 4.74 Å². The largest absolute Gasteiger partial charge is 0.504 e. The summed E-state index contributed by atoms with van der Waals surface area (Å²) in [6, 6.07) is 9.54. The van der Waals surface area contributed by atoms with Crippen molar-refractivity contribution in [2.75, 3.05) is 27.7 Å². The van der Waals surface area contributed by atoms with Gasteiger partial charge in [-0.2, -0.15) is 0 Å². The van der Waals surface area contributed by atoms with E-state index in [0.717, 1.165) is 35.2 Å². The van der Waals surface area contributed by atoms with Gasteiger partial charge in [0.05, 0.1) is 12.7 Å². The quantitative estimate of drug-likeness (QED) is 0.635. The van der Waals surface area contributed by atoms with Crippen LogP contribution in [0.5, 0.6) is 11.5 Å². The molecule has 0 unspecified atom stereocenters. The van der Waals surface area contributed by atoms with Crippen LogP contribution in [0.3, 0.4) is 0 Å². The highest BCUT2D eigenvalue weighted by Crippen LogP contribution is 2.61. The summed E-state index contributed by atoms with van der Waals surface area (Å²) >= 11 is 0. The van der Waals surface area contributed by atoms with Crippen LogP contribution in [-0.4, -0.2) is 71.4 Å². The smallest absolute Gasteiger partial charge is 0.298 e. The van der Waals surface area contributed by atoms with Crippen LogP contribution in [0.4, 0.5) is 0 Å². The minimum atomic E-state index is -0.959. The molecule has 6 heteroatoms. The Morgan fingerprint density at radius 1 is 1.19 bits per heavy atom. The van der Waals surface area contributed by atoms with Crippen LogP contribution in [-0.2, 0) is 16.6 Å². The molecule has 0 radical (unpaired) electrons. The summed E-state index contributed by atoms with van der Waals surface area (Å²) < 4.78 is 5.72. The predicted molar refractivity (Wildman–Crippen MR) is 139 cm³/mol. The standard InChI is InChI=1S/C30H36N2O4/c1-19-6-7-21(16-20(19)2)8-11-26(34)32(4)23-12-13-30(35)25-17-22-9-10-24(33)28(36-5)27(22)29(30,18-23)14-15-31(25)3/h6-7,9-10,16,23,25,33,35H,12-15,17-18H2,1-5H3/t23-,25-,29-,30-/m1/s1.